The van der Waals surface area contributed by atoms with Crippen molar-refractivity contribution >= 4 is 11.0 Å². The number of fused-ring (bicyclic) bond motifs is 3. The predicted octanol–water partition coefficient (Wildman–Crippen LogP) is 3.39. The number of hydrogen-bond acceptors (Lipinski definition) is 5. The summed E-state index contributed by atoms with van der Waals surface area (Å²) in [6.07, 6.45) is 4.70. The van der Waals surface area contributed by atoms with Crippen molar-refractivity contribution in [1.82, 2.24) is 10.6 Å². The van der Waals surface area contributed by atoms with Crippen molar-refractivity contribution in [2.75, 3.05) is 0 Å². The van der Waals surface area contributed by atoms with Crippen LogP contribution in [0.4, 0.5) is 0 Å². The molecule has 0 atom stereocenters. The number of rotatable bonds is 3. The highest BCUT2D eigenvalue weighted by molar-refractivity contribution is 5.86. The number of phenolic OH excluding ortho intramolecular Hbond substituents is 1. The molecule has 2 aliphatic rings. The summed E-state index contributed by atoms with van der Waals surface area (Å²) in [6, 6.07) is 3.94. The lowest BCUT2D eigenvalue weighted by atomic mass is 9.79. The Morgan fingerprint density at radius 1 is 1.15 bits per heavy atom. The summed E-state index contributed by atoms with van der Waals surface area (Å²) < 4.78 is 5.67. The van der Waals surface area contributed by atoms with E-state index in [1.807, 2.05) is 6.07 Å². The molecule has 27 heavy (non-hydrogen) atoms. The minimum Gasteiger partial charge on any atom is -0.507 e. The Morgan fingerprint density at radius 3 is 2.52 bits per heavy atom. The minimum atomic E-state index is -0.244. The fourth-order valence-electron chi connectivity index (χ4n) is 5.28. The van der Waals surface area contributed by atoms with Crippen LogP contribution < -0.4 is 16.3 Å². The van der Waals surface area contributed by atoms with Gasteiger partial charge in [-0.2, -0.15) is 0 Å². The van der Waals surface area contributed by atoms with Gasteiger partial charge in [-0.25, -0.2) is 4.79 Å². The molecule has 5 heteroatoms. The van der Waals surface area contributed by atoms with Crippen molar-refractivity contribution in [1.29, 1.82) is 0 Å². The van der Waals surface area contributed by atoms with E-state index in [1.165, 1.54) is 0 Å². The molecule has 0 saturated carbocycles. The maximum atomic E-state index is 12.4. The topological polar surface area (TPSA) is 74.5 Å². The highest BCUT2D eigenvalue weighted by atomic mass is 16.4. The highest BCUT2D eigenvalue weighted by Gasteiger charge is 2.37. The normalized spacial score (nSPS) is 21.5. The largest absolute Gasteiger partial charge is 0.507 e. The van der Waals surface area contributed by atoms with E-state index in [4.69, 9.17) is 4.42 Å². The molecule has 1 aliphatic carbocycles. The van der Waals surface area contributed by atoms with E-state index in [-0.39, 0.29) is 22.5 Å². The standard InChI is InChI=1S/C22H30N2O3/c1-21(2)10-13(11-22(3,4)24-21)23-12-17-18(25)9-8-15-14-6-5-7-16(14)20(26)27-19(15)17/h8-9,13,23-25H,5-7,10-12H2,1-4H3. The lowest BCUT2D eigenvalue weighted by Gasteiger charge is -2.46. The summed E-state index contributed by atoms with van der Waals surface area (Å²) in [4.78, 5) is 12.4. The summed E-state index contributed by atoms with van der Waals surface area (Å²) in [5.41, 5.74) is 3.00. The lowest BCUT2D eigenvalue weighted by molar-refractivity contribution is 0.145. The molecule has 0 amide bonds. The molecule has 1 fully saturated rings. The molecule has 5 nitrogen and oxygen atoms in total. The Labute approximate surface area is 160 Å². The zero-order valence-electron chi connectivity index (χ0n) is 16.7. The maximum absolute atomic E-state index is 12.4. The first-order chi connectivity index (χ1) is 12.7. The van der Waals surface area contributed by atoms with Crippen LogP contribution in [-0.4, -0.2) is 22.2 Å². The Hall–Kier alpha value is -1.85. The summed E-state index contributed by atoms with van der Waals surface area (Å²) in [7, 11) is 0. The fraction of sp³-hybridized carbons (Fsp3) is 0.591. The van der Waals surface area contributed by atoms with E-state index in [9.17, 15) is 9.90 Å². The molecule has 4 rings (SSSR count). The zero-order chi connectivity index (χ0) is 19.4. The first-order valence-electron chi connectivity index (χ1n) is 9.97. The van der Waals surface area contributed by atoms with Crippen molar-refractivity contribution in [3.8, 4) is 5.75 Å². The second-order valence-corrected chi connectivity index (χ2v) is 9.52. The second-order valence-electron chi connectivity index (χ2n) is 9.52. The Kier molecular flexibility index (Phi) is 4.35. The van der Waals surface area contributed by atoms with Gasteiger partial charge in [0.1, 0.15) is 11.3 Å². The van der Waals surface area contributed by atoms with E-state index in [0.717, 1.165) is 48.6 Å². The molecule has 0 unspecified atom stereocenters. The monoisotopic (exact) mass is 370 g/mol. The number of nitrogens with one attached hydrogen (secondary N) is 2. The number of phenols is 1. The van der Waals surface area contributed by atoms with Crippen molar-refractivity contribution in [3.63, 3.8) is 0 Å². The Morgan fingerprint density at radius 2 is 1.81 bits per heavy atom. The van der Waals surface area contributed by atoms with Gasteiger partial charge < -0.3 is 20.2 Å². The molecule has 146 valence electrons. The van der Waals surface area contributed by atoms with Crippen molar-refractivity contribution in [2.24, 2.45) is 0 Å². The molecule has 1 saturated heterocycles. The van der Waals surface area contributed by atoms with Gasteiger partial charge in [0, 0.05) is 34.6 Å². The second kappa shape index (κ2) is 6.35. The third-order valence-electron chi connectivity index (χ3n) is 5.98. The minimum absolute atomic E-state index is 0.0492. The number of aromatic hydroxyl groups is 1. The van der Waals surface area contributed by atoms with Gasteiger partial charge in [-0.3, -0.25) is 0 Å². The lowest BCUT2D eigenvalue weighted by Crippen LogP contribution is -2.61. The summed E-state index contributed by atoms with van der Waals surface area (Å²) in [6.45, 7) is 9.38. The third kappa shape index (κ3) is 3.50. The van der Waals surface area contributed by atoms with E-state index < -0.39 is 0 Å². The van der Waals surface area contributed by atoms with Crippen LogP contribution in [0.2, 0.25) is 0 Å². The third-order valence-corrected chi connectivity index (χ3v) is 5.98. The number of aryl methyl sites for hydroxylation is 1. The van der Waals surface area contributed by atoms with Crippen LogP contribution in [0.5, 0.6) is 5.75 Å². The quantitative estimate of drug-likeness (QED) is 0.722. The van der Waals surface area contributed by atoms with E-state index in [0.29, 0.717) is 23.7 Å². The van der Waals surface area contributed by atoms with Crippen LogP contribution in [0, 0.1) is 0 Å². The molecule has 1 aromatic carbocycles. The summed E-state index contributed by atoms with van der Waals surface area (Å²) in [5, 5.41) is 18.7. The van der Waals surface area contributed by atoms with Crippen molar-refractivity contribution < 1.29 is 9.52 Å². The van der Waals surface area contributed by atoms with Crippen LogP contribution in [0.25, 0.3) is 11.0 Å². The molecule has 0 radical (unpaired) electrons. The molecular weight excluding hydrogens is 340 g/mol. The highest BCUT2D eigenvalue weighted by Crippen LogP contribution is 2.34. The van der Waals surface area contributed by atoms with Gasteiger partial charge >= 0.3 is 5.63 Å². The van der Waals surface area contributed by atoms with E-state index >= 15 is 0 Å². The molecule has 3 N–H and O–H groups in total. The van der Waals surface area contributed by atoms with Crippen molar-refractivity contribution in [3.05, 3.63) is 39.2 Å². The molecule has 1 aliphatic heterocycles. The first kappa shape index (κ1) is 18.5. The maximum Gasteiger partial charge on any atom is 0.339 e. The summed E-state index contributed by atoms with van der Waals surface area (Å²) in [5.74, 6) is 0.184. The van der Waals surface area contributed by atoms with Gasteiger partial charge in [0.15, 0.2) is 0 Å². The average molecular weight is 370 g/mol. The Balaban J connectivity index is 1.65. The van der Waals surface area contributed by atoms with E-state index in [1.54, 1.807) is 6.07 Å². The van der Waals surface area contributed by atoms with Crippen LogP contribution in [-0.2, 0) is 19.4 Å². The van der Waals surface area contributed by atoms with Gasteiger partial charge in [-0.1, -0.05) is 0 Å². The van der Waals surface area contributed by atoms with Gasteiger partial charge in [-0.05, 0) is 77.5 Å². The average Bonchev–Trinajstić information content (AvgIpc) is 3.01. The predicted molar refractivity (Wildman–Crippen MR) is 107 cm³/mol. The van der Waals surface area contributed by atoms with Crippen LogP contribution in [0.3, 0.4) is 0 Å². The van der Waals surface area contributed by atoms with Crippen LogP contribution in [0.1, 0.15) is 63.6 Å². The van der Waals surface area contributed by atoms with Gasteiger partial charge in [0.05, 0.1) is 5.56 Å². The fourth-order valence-corrected chi connectivity index (χ4v) is 5.28. The molecule has 2 heterocycles. The smallest absolute Gasteiger partial charge is 0.339 e. The SMILES string of the molecule is CC1(C)CC(NCc2c(O)ccc3c4c(c(=O)oc23)CCC4)CC(C)(C)N1. The molecule has 0 spiro atoms. The summed E-state index contributed by atoms with van der Waals surface area (Å²) >= 11 is 0. The molecular formula is C22H30N2O3. The molecule has 1 aromatic heterocycles. The number of benzene rings is 1. The van der Waals surface area contributed by atoms with Gasteiger partial charge in [0.25, 0.3) is 0 Å². The van der Waals surface area contributed by atoms with E-state index in [2.05, 4.69) is 38.3 Å². The van der Waals surface area contributed by atoms with Crippen LogP contribution in [0.15, 0.2) is 21.3 Å². The van der Waals surface area contributed by atoms with Crippen LogP contribution >= 0.6 is 0 Å². The van der Waals surface area contributed by atoms with Crippen molar-refractivity contribution in [2.45, 2.75) is 83.5 Å². The Bertz CT molecular complexity index is 927. The number of hydrogen-bond donors (Lipinski definition) is 3. The molecule has 0 bridgehead atoms. The van der Waals surface area contributed by atoms with Gasteiger partial charge in [-0.15, -0.1) is 0 Å². The van der Waals surface area contributed by atoms with Gasteiger partial charge in [0.2, 0.25) is 0 Å². The molecule has 2 aromatic rings. The zero-order valence-corrected chi connectivity index (χ0v) is 16.7. The number of piperidine rings is 1. The first-order valence-corrected chi connectivity index (χ1v) is 9.97.